The zero-order valence-corrected chi connectivity index (χ0v) is 13.4. The number of carbonyl (C=O) groups excluding carboxylic acids is 1. The summed E-state index contributed by atoms with van der Waals surface area (Å²) in [5.74, 6) is -0.0919. The molecule has 2 aromatic heterocycles. The first-order valence-electron chi connectivity index (χ1n) is 7.08. The average Bonchev–Trinajstić information content (AvgIpc) is 3.15. The van der Waals surface area contributed by atoms with Gasteiger partial charge in [0.25, 0.3) is 5.91 Å². The van der Waals surface area contributed by atoms with Crippen LogP contribution in [-0.4, -0.2) is 15.7 Å². The zero-order valence-electron chi connectivity index (χ0n) is 12.5. The summed E-state index contributed by atoms with van der Waals surface area (Å²) in [4.78, 5) is 13.5. The van der Waals surface area contributed by atoms with Gasteiger partial charge in [0.2, 0.25) is 0 Å². The second-order valence-electron chi connectivity index (χ2n) is 5.10. The third kappa shape index (κ3) is 2.80. The fraction of sp³-hybridized carbons (Fsp3) is 0.176. The number of amides is 1. The highest BCUT2D eigenvalue weighted by atomic mass is 32.1. The topological polar surface area (TPSA) is 46.9 Å². The maximum absolute atomic E-state index is 12.3. The minimum Gasteiger partial charge on any atom is -0.347 e. The number of aryl methyl sites for hydroxylation is 1. The Kier molecular flexibility index (Phi) is 4.06. The molecule has 0 unspecified atom stereocenters. The number of aromatic nitrogens is 2. The number of nitrogens with zero attached hydrogens (tertiary/aromatic N) is 2. The number of hydrogen-bond donors (Lipinski definition) is 1. The van der Waals surface area contributed by atoms with E-state index < -0.39 is 0 Å². The van der Waals surface area contributed by atoms with Crippen LogP contribution >= 0.6 is 11.3 Å². The molecule has 1 amide bonds. The molecule has 0 saturated carbocycles. The normalized spacial score (nSPS) is 10.6. The van der Waals surface area contributed by atoms with Gasteiger partial charge in [-0.15, -0.1) is 11.3 Å². The summed E-state index contributed by atoms with van der Waals surface area (Å²) in [5.41, 5.74) is 3.58. The average molecular weight is 311 g/mol. The van der Waals surface area contributed by atoms with Crippen LogP contribution in [0.15, 0.2) is 48.0 Å². The van der Waals surface area contributed by atoms with E-state index in [0.717, 1.165) is 21.8 Å². The molecule has 0 fully saturated rings. The van der Waals surface area contributed by atoms with Gasteiger partial charge in [0.1, 0.15) is 0 Å². The third-order valence-corrected chi connectivity index (χ3v) is 4.48. The smallest absolute Gasteiger partial charge is 0.255 e. The molecule has 1 aromatic carbocycles. The monoisotopic (exact) mass is 311 g/mol. The molecule has 0 aliphatic carbocycles. The second kappa shape index (κ2) is 6.15. The minimum absolute atomic E-state index is 0.0919. The molecule has 0 atom stereocenters. The van der Waals surface area contributed by atoms with Gasteiger partial charge in [-0.1, -0.05) is 24.3 Å². The number of para-hydroxylation sites is 1. The molecular weight excluding hydrogens is 294 g/mol. The Hall–Kier alpha value is -2.40. The second-order valence-corrected chi connectivity index (χ2v) is 6.14. The summed E-state index contributed by atoms with van der Waals surface area (Å²) >= 11 is 1.63. The van der Waals surface area contributed by atoms with E-state index in [9.17, 15) is 4.79 Å². The highest BCUT2D eigenvalue weighted by Crippen LogP contribution is 2.17. The highest BCUT2D eigenvalue weighted by Gasteiger charge is 2.15. The standard InChI is InChI=1S/C17H17N3OS/c1-12-6-3-4-8-16(12)20-13(2)15(11-19-20)17(21)18-10-14-7-5-9-22-14/h3-9,11H,10H2,1-2H3,(H,18,21). The maximum atomic E-state index is 12.3. The summed E-state index contributed by atoms with van der Waals surface area (Å²) in [5, 5.41) is 9.31. The molecule has 1 N–H and O–H groups in total. The Morgan fingerprint density at radius 2 is 2.05 bits per heavy atom. The van der Waals surface area contributed by atoms with Crippen LogP contribution in [0, 0.1) is 13.8 Å². The van der Waals surface area contributed by atoms with E-state index in [0.29, 0.717) is 12.1 Å². The van der Waals surface area contributed by atoms with Crippen molar-refractivity contribution in [1.29, 1.82) is 0 Å². The largest absolute Gasteiger partial charge is 0.347 e. The van der Waals surface area contributed by atoms with Crippen molar-refractivity contribution in [1.82, 2.24) is 15.1 Å². The molecule has 4 nitrogen and oxygen atoms in total. The van der Waals surface area contributed by atoms with Crippen molar-refractivity contribution in [2.75, 3.05) is 0 Å². The molecule has 0 aliphatic heterocycles. The molecule has 0 spiro atoms. The van der Waals surface area contributed by atoms with Crippen molar-refractivity contribution in [2.45, 2.75) is 20.4 Å². The quantitative estimate of drug-likeness (QED) is 0.802. The Morgan fingerprint density at radius 3 is 2.77 bits per heavy atom. The predicted molar refractivity (Wildman–Crippen MR) is 88.5 cm³/mol. The molecule has 3 rings (SSSR count). The van der Waals surface area contributed by atoms with E-state index in [1.807, 2.05) is 60.3 Å². The van der Waals surface area contributed by atoms with Crippen LogP contribution in [0.4, 0.5) is 0 Å². The minimum atomic E-state index is -0.0919. The first kappa shape index (κ1) is 14.5. The van der Waals surface area contributed by atoms with Crippen molar-refractivity contribution in [3.05, 3.63) is 69.7 Å². The van der Waals surface area contributed by atoms with E-state index in [2.05, 4.69) is 10.4 Å². The number of rotatable bonds is 4. The van der Waals surface area contributed by atoms with Crippen LogP contribution < -0.4 is 5.32 Å². The Labute approximate surface area is 133 Å². The molecule has 0 radical (unpaired) electrons. The summed E-state index contributed by atoms with van der Waals surface area (Å²) in [6.07, 6.45) is 1.63. The van der Waals surface area contributed by atoms with Crippen LogP contribution in [0.3, 0.4) is 0 Å². The first-order valence-corrected chi connectivity index (χ1v) is 7.96. The Morgan fingerprint density at radius 1 is 1.23 bits per heavy atom. The fourth-order valence-corrected chi connectivity index (χ4v) is 3.00. The number of benzene rings is 1. The van der Waals surface area contributed by atoms with Crippen molar-refractivity contribution in [2.24, 2.45) is 0 Å². The van der Waals surface area contributed by atoms with E-state index >= 15 is 0 Å². The van der Waals surface area contributed by atoms with Gasteiger partial charge in [-0.25, -0.2) is 4.68 Å². The van der Waals surface area contributed by atoms with Crippen LogP contribution in [-0.2, 0) is 6.54 Å². The van der Waals surface area contributed by atoms with Gasteiger partial charge in [0.15, 0.2) is 0 Å². The SMILES string of the molecule is Cc1ccccc1-n1ncc(C(=O)NCc2cccs2)c1C. The number of carbonyl (C=O) groups is 1. The molecule has 0 aliphatic rings. The van der Waals surface area contributed by atoms with Gasteiger partial charge >= 0.3 is 0 Å². The summed E-state index contributed by atoms with van der Waals surface area (Å²) in [6, 6.07) is 12.0. The first-order chi connectivity index (χ1) is 10.7. The predicted octanol–water partition coefficient (Wildman–Crippen LogP) is 3.48. The molecule has 0 saturated heterocycles. The van der Waals surface area contributed by atoms with Crippen molar-refractivity contribution < 1.29 is 4.79 Å². The molecule has 112 valence electrons. The lowest BCUT2D eigenvalue weighted by molar-refractivity contribution is 0.0950. The number of thiophene rings is 1. The summed E-state index contributed by atoms with van der Waals surface area (Å²) in [6.45, 7) is 4.50. The lowest BCUT2D eigenvalue weighted by atomic mass is 10.2. The molecule has 0 bridgehead atoms. The molecule has 22 heavy (non-hydrogen) atoms. The van der Waals surface area contributed by atoms with E-state index in [-0.39, 0.29) is 5.91 Å². The highest BCUT2D eigenvalue weighted by molar-refractivity contribution is 7.09. The van der Waals surface area contributed by atoms with E-state index in [1.54, 1.807) is 17.5 Å². The molecule has 3 aromatic rings. The Bertz CT molecular complexity index is 790. The molecular formula is C17H17N3OS. The van der Waals surface area contributed by atoms with Crippen molar-refractivity contribution in [3.8, 4) is 5.69 Å². The third-order valence-electron chi connectivity index (χ3n) is 3.60. The number of hydrogen-bond acceptors (Lipinski definition) is 3. The van der Waals surface area contributed by atoms with Crippen LogP contribution in [0.1, 0.15) is 26.5 Å². The van der Waals surface area contributed by atoms with Gasteiger partial charge in [0.05, 0.1) is 29.7 Å². The zero-order chi connectivity index (χ0) is 15.5. The van der Waals surface area contributed by atoms with Gasteiger partial charge in [-0.05, 0) is 36.9 Å². The lowest BCUT2D eigenvalue weighted by Gasteiger charge is -2.08. The fourth-order valence-electron chi connectivity index (χ4n) is 2.35. The van der Waals surface area contributed by atoms with Gasteiger partial charge in [-0.2, -0.15) is 5.10 Å². The lowest BCUT2D eigenvalue weighted by Crippen LogP contribution is -2.22. The van der Waals surface area contributed by atoms with Crippen LogP contribution in [0.5, 0.6) is 0 Å². The summed E-state index contributed by atoms with van der Waals surface area (Å²) < 4.78 is 1.81. The van der Waals surface area contributed by atoms with Crippen molar-refractivity contribution in [3.63, 3.8) is 0 Å². The molecule has 5 heteroatoms. The molecule has 2 heterocycles. The maximum Gasteiger partial charge on any atom is 0.255 e. The van der Waals surface area contributed by atoms with Gasteiger partial charge in [0, 0.05) is 4.88 Å². The van der Waals surface area contributed by atoms with Crippen LogP contribution in [0.25, 0.3) is 5.69 Å². The van der Waals surface area contributed by atoms with Gasteiger partial charge < -0.3 is 5.32 Å². The van der Waals surface area contributed by atoms with E-state index in [1.165, 1.54) is 0 Å². The Balaban J connectivity index is 1.81. The van der Waals surface area contributed by atoms with Crippen LogP contribution in [0.2, 0.25) is 0 Å². The van der Waals surface area contributed by atoms with E-state index in [4.69, 9.17) is 0 Å². The van der Waals surface area contributed by atoms with Gasteiger partial charge in [-0.3, -0.25) is 4.79 Å². The summed E-state index contributed by atoms with van der Waals surface area (Å²) in [7, 11) is 0. The number of nitrogens with one attached hydrogen (secondary N) is 1. The van der Waals surface area contributed by atoms with Crippen molar-refractivity contribution >= 4 is 17.2 Å².